The average Bonchev–Trinajstić information content (AvgIpc) is 3.17. The standard InChI is InChI=1S/C13H17N.C8H17NO2/c1-2-14-8-7-12-11-6-4-3-5-10(11)9-13(12)14;1-2-3-4-5-6-7-9-8(10)11/h3-6,12-13H,2,7-9H2,1H3;9H,2-7H2,1H3,(H,10,11)/t12-,13+;/m0./s1. The lowest BCUT2D eigenvalue weighted by atomic mass is 9.98. The number of carbonyl (C=O) groups is 1. The number of unbranched alkanes of at least 4 members (excludes halogenated alkanes) is 4. The third kappa shape index (κ3) is 5.74. The number of carboxylic acid groups (broad SMARTS) is 1. The van der Waals surface area contributed by atoms with Crippen molar-refractivity contribution in [3.05, 3.63) is 35.4 Å². The van der Waals surface area contributed by atoms with Crippen molar-refractivity contribution in [3.8, 4) is 0 Å². The fourth-order valence-corrected chi connectivity index (χ4v) is 4.18. The highest BCUT2D eigenvalue weighted by Gasteiger charge is 2.39. The molecule has 0 saturated carbocycles. The van der Waals surface area contributed by atoms with Crippen molar-refractivity contribution in [1.82, 2.24) is 10.2 Å². The molecule has 1 aliphatic carbocycles. The molecule has 4 nitrogen and oxygen atoms in total. The summed E-state index contributed by atoms with van der Waals surface area (Å²) in [6.45, 7) is 7.56. The fourth-order valence-electron chi connectivity index (χ4n) is 4.18. The minimum atomic E-state index is -0.916. The number of nitrogens with zero attached hydrogens (tertiary/aromatic N) is 1. The van der Waals surface area contributed by atoms with Gasteiger partial charge in [0, 0.05) is 18.5 Å². The number of rotatable bonds is 7. The third-order valence-electron chi connectivity index (χ3n) is 5.51. The minimum Gasteiger partial charge on any atom is -0.465 e. The first-order chi connectivity index (χ1) is 12.2. The number of hydrogen-bond donors (Lipinski definition) is 2. The molecule has 1 heterocycles. The van der Waals surface area contributed by atoms with Crippen molar-refractivity contribution >= 4 is 6.09 Å². The Morgan fingerprint density at radius 3 is 2.68 bits per heavy atom. The van der Waals surface area contributed by atoms with Gasteiger partial charge >= 0.3 is 6.09 Å². The molecule has 1 saturated heterocycles. The summed E-state index contributed by atoms with van der Waals surface area (Å²) in [4.78, 5) is 12.6. The molecule has 1 aromatic rings. The SMILES string of the molecule is CCCCCCCNC(=O)O.CCN1CC[C@H]2c3ccccc3C[C@H]21. The molecule has 0 bridgehead atoms. The molecule has 0 unspecified atom stereocenters. The second-order valence-electron chi connectivity index (χ2n) is 7.14. The number of hydrogen-bond acceptors (Lipinski definition) is 2. The maximum absolute atomic E-state index is 9.98. The Labute approximate surface area is 152 Å². The topological polar surface area (TPSA) is 52.6 Å². The number of likely N-dealkylation sites (N-methyl/N-ethyl adjacent to an activating group) is 1. The fraction of sp³-hybridized carbons (Fsp3) is 0.667. The number of amides is 1. The maximum Gasteiger partial charge on any atom is 0.404 e. The molecule has 0 aromatic heterocycles. The summed E-state index contributed by atoms with van der Waals surface area (Å²) in [6, 6.07) is 9.82. The average molecular weight is 347 g/mol. The molecule has 25 heavy (non-hydrogen) atoms. The molecular weight excluding hydrogens is 312 g/mol. The molecule has 1 amide bonds. The van der Waals surface area contributed by atoms with E-state index < -0.39 is 6.09 Å². The second-order valence-corrected chi connectivity index (χ2v) is 7.14. The highest BCUT2D eigenvalue weighted by molar-refractivity contribution is 5.64. The first-order valence-corrected chi connectivity index (χ1v) is 9.96. The van der Waals surface area contributed by atoms with Crippen LogP contribution in [-0.2, 0) is 6.42 Å². The van der Waals surface area contributed by atoms with E-state index in [1.807, 2.05) is 0 Å². The number of nitrogens with one attached hydrogen (secondary N) is 1. The van der Waals surface area contributed by atoms with Crippen LogP contribution in [-0.4, -0.2) is 41.8 Å². The van der Waals surface area contributed by atoms with Crippen LogP contribution in [0, 0.1) is 0 Å². The van der Waals surface area contributed by atoms with Crippen molar-refractivity contribution in [2.24, 2.45) is 0 Å². The van der Waals surface area contributed by atoms with Gasteiger partial charge in [0.25, 0.3) is 0 Å². The van der Waals surface area contributed by atoms with Crippen molar-refractivity contribution in [2.45, 2.75) is 70.8 Å². The third-order valence-corrected chi connectivity index (χ3v) is 5.51. The van der Waals surface area contributed by atoms with Gasteiger partial charge in [-0.25, -0.2) is 4.79 Å². The minimum absolute atomic E-state index is 0.596. The van der Waals surface area contributed by atoms with Gasteiger partial charge in [-0.05, 0) is 43.5 Å². The number of likely N-dealkylation sites (tertiary alicyclic amines) is 1. The van der Waals surface area contributed by atoms with Crippen LogP contribution >= 0.6 is 0 Å². The van der Waals surface area contributed by atoms with Crippen LogP contribution in [0.15, 0.2) is 24.3 Å². The van der Waals surface area contributed by atoms with Gasteiger partial charge in [0.05, 0.1) is 0 Å². The molecule has 0 radical (unpaired) electrons. The quantitative estimate of drug-likeness (QED) is 0.707. The Bertz CT molecular complexity index is 532. The van der Waals surface area contributed by atoms with Crippen LogP contribution < -0.4 is 5.32 Å². The molecule has 1 aliphatic heterocycles. The van der Waals surface area contributed by atoms with Gasteiger partial charge in [-0.1, -0.05) is 63.8 Å². The van der Waals surface area contributed by atoms with Crippen molar-refractivity contribution in [1.29, 1.82) is 0 Å². The van der Waals surface area contributed by atoms with Gasteiger partial charge in [0.1, 0.15) is 0 Å². The van der Waals surface area contributed by atoms with E-state index in [4.69, 9.17) is 5.11 Å². The van der Waals surface area contributed by atoms with Gasteiger partial charge < -0.3 is 10.4 Å². The first kappa shape index (κ1) is 19.8. The summed E-state index contributed by atoms with van der Waals surface area (Å²) >= 11 is 0. The zero-order valence-corrected chi connectivity index (χ0v) is 15.8. The second kappa shape index (κ2) is 10.4. The van der Waals surface area contributed by atoms with Gasteiger partial charge in [-0.3, -0.25) is 4.90 Å². The van der Waals surface area contributed by atoms with E-state index in [-0.39, 0.29) is 0 Å². The molecule has 3 rings (SSSR count). The molecule has 0 spiro atoms. The smallest absolute Gasteiger partial charge is 0.404 e. The van der Waals surface area contributed by atoms with Crippen LogP contribution in [0.2, 0.25) is 0 Å². The van der Waals surface area contributed by atoms with Crippen molar-refractivity contribution in [3.63, 3.8) is 0 Å². The predicted octanol–water partition coefficient (Wildman–Crippen LogP) is 4.64. The van der Waals surface area contributed by atoms with Gasteiger partial charge in [0.2, 0.25) is 0 Å². The van der Waals surface area contributed by atoms with E-state index in [2.05, 4.69) is 48.3 Å². The zero-order chi connectivity index (χ0) is 18.1. The molecule has 2 N–H and O–H groups in total. The maximum atomic E-state index is 9.98. The lowest BCUT2D eigenvalue weighted by Gasteiger charge is -2.21. The normalized spacial score (nSPS) is 21.2. The predicted molar refractivity (Wildman–Crippen MR) is 103 cm³/mol. The Hall–Kier alpha value is -1.55. The zero-order valence-electron chi connectivity index (χ0n) is 15.8. The van der Waals surface area contributed by atoms with Gasteiger partial charge in [-0.2, -0.15) is 0 Å². The summed E-state index contributed by atoms with van der Waals surface area (Å²) in [5.41, 5.74) is 3.23. The summed E-state index contributed by atoms with van der Waals surface area (Å²) < 4.78 is 0. The molecule has 1 fully saturated rings. The lowest BCUT2D eigenvalue weighted by molar-refractivity contribution is 0.194. The van der Waals surface area contributed by atoms with Crippen molar-refractivity contribution < 1.29 is 9.90 Å². The molecular formula is C21H34N2O2. The summed E-state index contributed by atoms with van der Waals surface area (Å²) in [5, 5.41) is 10.5. The summed E-state index contributed by atoms with van der Waals surface area (Å²) in [7, 11) is 0. The van der Waals surface area contributed by atoms with E-state index >= 15 is 0 Å². The van der Waals surface area contributed by atoms with Crippen LogP contribution in [0.4, 0.5) is 4.79 Å². The van der Waals surface area contributed by atoms with Crippen LogP contribution in [0.5, 0.6) is 0 Å². The van der Waals surface area contributed by atoms with E-state index in [0.717, 1.165) is 24.8 Å². The highest BCUT2D eigenvalue weighted by Crippen LogP contribution is 2.42. The number of fused-ring (bicyclic) bond motifs is 3. The largest absolute Gasteiger partial charge is 0.465 e. The monoisotopic (exact) mass is 346 g/mol. The van der Waals surface area contributed by atoms with Gasteiger partial charge in [-0.15, -0.1) is 0 Å². The Morgan fingerprint density at radius 1 is 1.20 bits per heavy atom. The Balaban J connectivity index is 0.000000188. The van der Waals surface area contributed by atoms with E-state index in [9.17, 15) is 4.79 Å². The summed E-state index contributed by atoms with van der Waals surface area (Å²) in [5.74, 6) is 0.839. The van der Waals surface area contributed by atoms with Crippen LogP contribution in [0.25, 0.3) is 0 Å². The van der Waals surface area contributed by atoms with Crippen LogP contribution in [0.3, 0.4) is 0 Å². The van der Waals surface area contributed by atoms with E-state index in [1.54, 1.807) is 11.1 Å². The molecule has 4 heteroatoms. The molecule has 140 valence electrons. The van der Waals surface area contributed by atoms with Crippen molar-refractivity contribution in [2.75, 3.05) is 19.6 Å². The number of benzene rings is 1. The van der Waals surface area contributed by atoms with E-state index in [1.165, 1.54) is 45.2 Å². The molecule has 1 aromatic carbocycles. The highest BCUT2D eigenvalue weighted by atomic mass is 16.4. The molecule has 2 aliphatic rings. The van der Waals surface area contributed by atoms with Gasteiger partial charge in [0.15, 0.2) is 0 Å². The first-order valence-electron chi connectivity index (χ1n) is 9.96. The Kier molecular flexibility index (Phi) is 8.26. The van der Waals surface area contributed by atoms with Crippen LogP contribution in [0.1, 0.15) is 69.4 Å². The molecule has 2 atom stereocenters. The van der Waals surface area contributed by atoms with E-state index in [0.29, 0.717) is 6.54 Å². The Morgan fingerprint density at radius 2 is 1.96 bits per heavy atom. The lowest BCUT2D eigenvalue weighted by Crippen LogP contribution is -2.30. The summed E-state index contributed by atoms with van der Waals surface area (Å²) in [6.07, 6.45) is 7.54.